The summed E-state index contributed by atoms with van der Waals surface area (Å²) >= 11 is 0. The van der Waals surface area contributed by atoms with Gasteiger partial charge in [0.05, 0.1) is 22.1 Å². The van der Waals surface area contributed by atoms with Crippen LogP contribution in [0.2, 0.25) is 0 Å². The van der Waals surface area contributed by atoms with Crippen LogP contribution in [0.5, 0.6) is 0 Å². The van der Waals surface area contributed by atoms with Crippen LogP contribution in [0.1, 0.15) is 22.3 Å². The molecule has 2 heterocycles. The molecule has 4 heteroatoms. The summed E-state index contributed by atoms with van der Waals surface area (Å²) in [6.07, 6.45) is 0. The fraction of sp³-hybridized carbons (Fsp3) is 0.0127. The molecule has 0 aliphatic heterocycles. The van der Waals surface area contributed by atoms with E-state index in [0.29, 0.717) is 0 Å². The molecule has 2 aromatic heterocycles. The minimum Gasteiger partial charge on any atom is -0.454 e. The number of para-hydroxylation sites is 5. The minimum absolute atomic E-state index is 0.487. The van der Waals surface area contributed by atoms with E-state index in [1.165, 1.54) is 66.4 Å². The molecule has 0 bridgehead atoms. The number of hydrogen-bond donors (Lipinski definition) is 0. The zero-order chi connectivity index (χ0) is 54.6. The van der Waals surface area contributed by atoms with Crippen LogP contribution in [0.25, 0.3) is 93.9 Å². The van der Waals surface area contributed by atoms with E-state index < -0.39 is 5.41 Å². The van der Waals surface area contributed by atoms with Crippen molar-refractivity contribution < 1.29 is 4.42 Å². The summed E-state index contributed by atoms with van der Waals surface area (Å²) in [5.41, 5.74) is 25.7. The highest BCUT2D eigenvalue weighted by Gasteiger charge is 2.52. The van der Waals surface area contributed by atoms with Crippen molar-refractivity contribution in [2.75, 3.05) is 9.80 Å². The lowest BCUT2D eigenvalue weighted by molar-refractivity contribution is 0.669. The third-order valence-corrected chi connectivity index (χ3v) is 17.5. The first-order chi connectivity index (χ1) is 41.2. The summed E-state index contributed by atoms with van der Waals surface area (Å²) in [7, 11) is 0. The predicted octanol–water partition coefficient (Wildman–Crippen LogP) is 21.3. The van der Waals surface area contributed by atoms with E-state index >= 15 is 0 Å². The highest BCUT2D eigenvalue weighted by atomic mass is 16.3. The van der Waals surface area contributed by atoms with Gasteiger partial charge in [0.15, 0.2) is 5.58 Å². The molecular weight excluding hydrogens is 1010 g/mol. The Hall–Kier alpha value is -10.9. The maximum Gasteiger partial charge on any atom is 0.159 e. The summed E-state index contributed by atoms with van der Waals surface area (Å²) < 4.78 is 9.41. The quantitative estimate of drug-likeness (QED) is 0.144. The lowest BCUT2D eigenvalue weighted by Gasteiger charge is -2.30. The molecule has 2 aliphatic carbocycles. The van der Waals surface area contributed by atoms with Gasteiger partial charge in [0.2, 0.25) is 0 Å². The standard InChI is InChI=1S/C79H51N3O/c1-5-22-52(23-6-1)53-40-43-59(44-41-53)81(74-38-21-34-65-64-32-16-20-39-75(64)83-78(65)74)61-49-55(48-60(51-61)80(56-24-7-2-8-25-56)57-26-9-3-10-27-57)54-42-46-72-67(50-54)77-73(82(72)58-28-11-4-12-29-58)47-45-71-76(77)66-33-15-19-37-70(66)79(71)68-35-17-13-30-62(68)63-31-14-18-36-69(63)79/h1-51H. The SMILES string of the molecule is c1ccc(-c2ccc(N(c3cc(-c4ccc5c(c4)c4c6c(ccc4n5-c4ccccc4)C4(c5ccccc5-c5ccccc54)c4ccccc4-6)cc(N(c4ccccc4)c4ccccc4)c3)c3cccc4c3oc3ccccc34)cc2)cc1. The summed E-state index contributed by atoms with van der Waals surface area (Å²) in [6.45, 7) is 0. The van der Waals surface area contributed by atoms with Crippen molar-refractivity contribution in [3.05, 3.63) is 332 Å². The number of furan rings is 1. The molecule has 0 saturated carbocycles. The Morgan fingerprint density at radius 3 is 1.51 bits per heavy atom. The molecule has 0 amide bonds. The number of benzene rings is 13. The monoisotopic (exact) mass is 1060 g/mol. The Labute approximate surface area is 481 Å². The van der Waals surface area contributed by atoms with Gasteiger partial charge < -0.3 is 18.8 Å². The number of aromatic nitrogens is 1. The zero-order valence-electron chi connectivity index (χ0n) is 45.2. The molecule has 0 saturated heterocycles. The van der Waals surface area contributed by atoms with E-state index in [0.717, 1.165) is 84.0 Å². The van der Waals surface area contributed by atoms with Gasteiger partial charge in [-0.05, 0) is 164 Å². The van der Waals surface area contributed by atoms with Crippen LogP contribution in [0, 0.1) is 0 Å². The number of rotatable bonds is 9. The zero-order valence-corrected chi connectivity index (χ0v) is 45.2. The van der Waals surface area contributed by atoms with Crippen molar-refractivity contribution in [3.63, 3.8) is 0 Å². The molecule has 17 rings (SSSR count). The summed E-state index contributed by atoms with van der Waals surface area (Å²) in [5, 5.41) is 4.59. The molecule has 0 atom stereocenters. The van der Waals surface area contributed by atoms with E-state index in [1.807, 2.05) is 6.07 Å². The normalized spacial score (nSPS) is 12.7. The third kappa shape index (κ3) is 7.06. The minimum atomic E-state index is -0.487. The smallest absolute Gasteiger partial charge is 0.159 e. The Morgan fingerprint density at radius 1 is 0.301 bits per heavy atom. The van der Waals surface area contributed by atoms with E-state index in [2.05, 4.69) is 318 Å². The molecule has 83 heavy (non-hydrogen) atoms. The van der Waals surface area contributed by atoms with Gasteiger partial charge in [-0.15, -0.1) is 0 Å². The average Bonchev–Trinajstić information content (AvgIpc) is 1.81. The lowest BCUT2D eigenvalue weighted by Crippen LogP contribution is -2.25. The fourth-order valence-corrected chi connectivity index (χ4v) is 14.1. The lowest BCUT2D eigenvalue weighted by atomic mass is 9.70. The van der Waals surface area contributed by atoms with Gasteiger partial charge in [0.25, 0.3) is 0 Å². The van der Waals surface area contributed by atoms with E-state index in [4.69, 9.17) is 4.42 Å². The summed E-state index contributed by atoms with van der Waals surface area (Å²) in [6, 6.07) is 113. The number of nitrogens with zero attached hydrogens (tertiary/aromatic N) is 3. The Morgan fingerprint density at radius 2 is 0.819 bits per heavy atom. The molecule has 0 fully saturated rings. The maximum atomic E-state index is 6.94. The second-order valence-corrected chi connectivity index (χ2v) is 21.9. The van der Waals surface area contributed by atoms with Gasteiger partial charge in [0.1, 0.15) is 5.58 Å². The van der Waals surface area contributed by atoms with E-state index in [-0.39, 0.29) is 0 Å². The maximum absolute atomic E-state index is 6.94. The van der Waals surface area contributed by atoms with Crippen LogP contribution >= 0.6 is 0 Å². The van der Waals surface area contributed by atoms with Crippen molar-refractivity contribution in [2.45, 2.75) is 5.41 Å². The topological polar surface area (TPSA) is 24.6 Å². The molecule has 1 spiro atoms. The van der Waals surface area contributed by atoms with Crippen LogP contribution in [0.3, 0.4) is 0 Å². The van der Waals surface area contributed by atoms with Crippen LogP contribution in [0.4, 0.5) is 34.1 Å². The van der Waals surface area contributed by atoms with Crippen LogP contribution < -0.4 is 9.80 Å². The molecule has 0 radical (unpaired) electrons. The van der Waals surface area contributed by atoms with Crippen LogP contribution in [-0.2, 0) is 5.41 Å². The van der Waals surface area contributed by atoms with Crippen molar-refractivity contribution in [1.82, 2.24) is 4.57 Å². The Bertz CT molecular complexity index is 4940. The molecule has 388 valence electrons. The van der Waals surface area contributed by atoms with E-state index in [9.17, 15) is 0 Å². The van der Waals surface area contributed by atoms with Crippen LogP contribution in [0.15, 0.2) is 314 Å². The molecular formula is C79H51N3O. The van der Waals surface area contributed by atoms with Crippen molar-refractivity contribution >= 4 is 77.9 Å². The molecule has 0 unspecified atom stereocenters. The number of hydrogen-bond acceptors (Lipinski definition) is 3. The molecule has 0 N–H and O–H groups in total. The molecule has 13 aromatic carbocycles. The molecule has 15 aromatic rings. The van der Waals surface area contributed by atoms with Gasteiger partial charge in [-0.3, -0.25) is 0 Å². The van der Waals surface area contributed by atoms with Gasteiger partial charge in [0, 0.05) is 55.7 Å². The van der Waals surface area contributed by atoms with Gasteiger partial charge in [-0.2, -0.15) is 0 Å². The first-order valence-electron chi connectivity index (χ1n) is 28.6. The van der Waals surface area contributed by atoms with Crippen molar-refractivity contribution in [2.24, 2.45) is 0 Å². The summed E-state index contributed by atoms with van der Waals surface area (Å²) in [4.78, 5) is 4.77. The second-order valence-electron chi connectivity index (χ2n) is 21.9. The Kier molecular flexibility index (Phi) is 10.5. The largest absolute Gasteiger partial charge is 0.454 e. The molecule has 4 nitrogen and oxygen atoms in total. The van der Waals surface area contributed by atoms with Gasteiger partial charge >= 0.3 is 0 Å². The number of anilines is 6. The van der Waals surface area contributed by atoms with Gasteiger partial charge in [-0.1, -0.05) is 212 Å². The van der Waals surface area contributed by atoms with Crippen molar-refractivity contribution in [1.29, 1.82) is 0 Å². The molecule has 2 aliphatic rings. The Balaban J connectivity index is 0.957. The third-order valence-electron chi connectivity index (χ3n) is 17.5. The first-order valence-corrected chi connectivity index (χ1v) is 28.6. The van der Waals surface area contributed by atoms with Crippen molar-refractivity contribution in [3.8, 4) is 50.2 Å². The predicted molar refractivity (Wildman–Crippen MR) is 345 cm³/mol. The highest BCUT2D eigenvalue weighted by molar-refractivity contribution is 6.20. The first kappa shape index (κ1) is 46.9. The average molecular weight is 1060 g/mol. The van der Waals surface area contributed by atoms with E-state index in [1.54, 1.807) is 0 Å². The number of fused-ring (bicyclic) bond motifs is 17. The van der Waals surface area contributed by atoms with Crippen LogP contribution in [-0.4, -0.2) is 4.57 Å². The highest BCUT2D eigenvalue weighted by Crippen LogP contribution is 2.64. The summed E-state index contributed by atoms with van der Waals surface area (Å²) in [5.74, 6) is 0. The second kappa shape index (κ2) is 18.6. The fourth-order valence-electron chi connectivity index (χ4n) is 14.1. The van der Waals surface area contributed by atoms with Gasteiger partial charge in [-0.25, -0.2) is 0 Å².